The average molecular weight is 397 g/mol. The van der Waals surface area contributed by atoms with Crippen LogP contribution in [0, 0.1) is 0 Å². The number of H-pyrrole nitrogens is 1. The summed E-state index contributed by atoms with van der Waals surface area (Å²) >= 11 is 0. The van der Waals surface area contributed by atoms with E-state index in [4.69, 9.17) is 14.5 Å². The topological polar surface area (TPSA) is 111 Å². The highest BCUT2D eigenvalue weighted by Crippen LogP contribution is 2.27. The number of likely N-dealkylation sites (tertiary alicyclic amines) is 1. The highest BCUT2D eigenvalue weighted by Gasteiger charge is 2.34. The minimum atomic E-state index is -0.149. The van der Waals surface area contributed by atoms with E-state index in [0.29, 0.717) is 36.0 Å². The molecule has 2 saturated heterocycles. The van der Waals surface area contributed by atoms with Crippen molar-refractivity contribution in [3.63, 3.8) is 0 Å². The van der Waals surface area contributed by atoms with Gasteiger partial charge in [0.2, 0.25) is 5.88 Å². The summed E-state index contributed by atoms with van der Waals surface area (Å²) < 4.78 is 13.2. The van der Waals surface area contributed by atoms with E-state index in [2.05, 4.69) is 25.0 Å². The fourth-order valence-corrected chi connectivity index (χ4v) is 3.90. The largest absolute Gasteiger partial charge is 0.472 e. The zero-order chi connectivity index (χ0) is 19.8. The maximum absolute atomic E-state index is 12.6. The van der Waals surface area contributed by atoms with Gasteiger partial charge in [-0.2, -0.15) is 5.10 Å². The summed E-state index contributed by atoms with van der Waals surface area (Å²) in [6, 6.07) is 1.93. The molecule has 0 amide bonds. The standard InChI is InChI=1S/C19H23N7O3/c1-12(25-9-14(10-25)29-16-2-5-20-11-21-16)17-23-18-15(19(27)24-17)8-22-26(18)13-3-6-28-7-4-13/h2,5,8,11-14H,3-4,6-7,9-10H2,1H3,(H,23,24,27). The molecular formula is C19H23N7O3. The summed E-state index contributed by atoms with van der Waals surface area (Å²) in [5, 5.41) is 4.98. The zero-order valence-electron chi connectivity index (χ0n) is 16.2. The zero-order valence-corrected chi connectivity index (χ0v) is 16.2. The van der Waals surface area contributed by atoms with Crippen molar-refractivity contribution in [1.82, 2.24) is 34.6 Å². The molecule has 1 N–H and O–H groups in total. The van der Waals surface area contributed by atoms with Gasteiger partial charge in [-0.05, 0) is 19.8 Å². The minimum Gasteiger partial charge on any atom is -0.472 e. The van der Waals surface area contributed by atoms with E-state index < -0.39 is 0 Å². The van der Waals surface area contributed by atoms with Crippen LogP contribution in [0.1, 0.15) is 37.7 Å². The van der Waals surface area contributed by atoms with Crippen molar-refractivity contribution in [3.8, 4) is 5.88 Å². The molecule has 0 saturated carbocycles. The molecule has 1 unspecified atom stereocenters. The van der Waals surface area contributed by atoms with Crippen LogP contribution >= 0.6 is 0 Å². The van der Waals surface area contributed by atoms with Crippen LogP contribution in [0.15, 0.2) is 29.6 Å². The summed E-state index contributed by atoms with van der Waals surface area (Å²) in [7, 11) is 0. The maximum Gasteiger partial charge on any atom is 0.262 e. The van der Waals surface area contributed by atoms with E-state index in [9.17, 15) is 4.79 Å². The first-order chi connectivity index (χ1) is 14.2. The van der Waals surface area contributed by atoms with Gasteiger partial charge in [-0.3, -0.25) is 9.69 Å². The maximum atomic E-state index is 12.6. The molecule has 2 aliphatic rings. The minimum absolute atomic E-state index is 0.0320. The molecule has 3 aromatic rings. The number of nitrogens with zero attached hydrogens (tertiary/aromatic N) is 6. The van der Waals surface area contributed by atoms with E-state index in [0.717, 1.165) is 25.9 Å². The van der Waals surface area contributed by atoms with E-state index in [1.54, 1.807) is 18.5 Å². The third kappa shape index (κ3) is 3.49. The highest BCUT2D eigenvalue weighted by molar-refractivity contribution is 5.73. The molecule has 2 fully saturated rings. The van der Waals surface area contributed by atoms with Gasteiger partial charge in [0.15, 0.2) is 5.65 Å². The van der Waals surface area contributed by atoms with Gasteiger partial charge in [-0.25, -0.2) is 19.6 Å². The van der Waals surface area contributed by atoms with Crippen LogP contribution in [0.2, 0.25) is 0 Å². The average Bonchev–Trinajstić information content (AvgIpc) is 3.16. The van der Waals surface area contributed by atoms with Crippen LogP contribution in [-0.4, -0.2) is 67.0 Å². The number of aromatic amines is 1. The molecule has 152 valence electrons. The SMILES string of the molecule is CC(c1nc2c(cnn2C2CCOCC2)c(=O)[nH]1)N1CC(Oc2ccncn2)C1. The van der Waals surface area contributed by atoms with E-state index >= 15 is 0 Å². The lowest BCUT2D eigenvalue weighted by Crippen LogP contribution is -2.54. The van der Waals surface area contributed by atoms with Gasteiger partial charge in [-0.1, -0.05) is 0 Å². The molecule has 1 atom stereocenters. The Balaban J connectivity index is 1.33. The lowest BCUT2D eigenvalue weighted by molar-refractivity contribution is -0.00971. The first-order valence-corrected chi connectivity index (χ1v) is 9.91. The van der Waals surface area contributed by atoms with E-state index in [1.807, 2.05) is 11.6 Å². The summed E-state index contributed by atoms with van der Waals surface area (Å²) in [5.41, 5.74) is 0.501. The number of rotatable bonds is 5. The third-order valence-electron chi connectivity index (χ3n) is 5.68. The van der Waals surface area contributed by atoms with Gasteiger partial charge >= 0.3 is 0 Å². The monoisotopic (exact) mass is 397 g/mol. The molecule has 5 rings (SSSR count). The molecular weight excluding hydrogens is 374 g/mol. The van der Waals surface area contributed by atoms with Gasteiger partial charge in [0, 0.05) is 38.6 Å². The van der Waals surface area contributed by atoms with Crippen molar-refractivity contribution < 1.29 is 9.47 Å². The molecule has 0 spiro atoms. The molecule has 10 heteroatoms. The Morgan fingerprint density at radius 2 is 2.14 bits per heavy atom. The Morgan fingerprint density at radius 3 is 2.90 bits per heavy atom. The van der Waals surface area contributed by atoms with Crippen LogP contribution in [-0.2, 0) is 4.74 Å². The fraction of sp³-hybridized carbons (Fsp3) is 0.526. The third-order valence-corrected chi connectivity index (χ3v) is 5.68. The molecule has 5 heterocycles. The van der Waals surface area contributed by atoms with Crippen molar-refractivity contribution >= 4 is 11.0 Å². The smallest absolute Gasteiger partial charge is 0.262 e. The second-order valence-electron chi connectivity index (χ2n) is 7.54. The Labute approximate surface area is 166 Å². The second-order valence-corrected chi connectivity index (χ2v) is 7.54. The Hall–Kier alpha value is -2.85. The Morgan fingerprint density at radius 1 is 1.31 bits per heavy atom. The first-order valence-electron chi connectivity index (χ1n) is 9.91. The Bertz CT molecular complexity index is 1040. The number of fused-ring (bicyclic) bond motifs is 1. The van der Waals surface area contributed by atoms with Crippen molar-refractivity contribution in [2.45, 2.75) is 38.0 Å². The fourth-order valence-electron chi connectivity index (χ4n) is 3.90. The van der Waals surface area contributed by atoms with Crippen LogP contribution in [0.4, 0.5) is 0 Å². The van der Waals surface area contributed by atoms with Crippen LogP contribution in [0.3, 0.4) is 0 Å². The van der Waals surface area contributed by atoms with Crippen molar-refractivity contribution in [2.24, 2.45) is 0 Å². The molecule has 0 radical (unpaired) electrons. The summed E-state index contributed by atoms with van der Waals surface area (Å²) in [4.78, 5) is 30.5. The normalized spacial score (nSPS) is 19.9. The first kappa shape index (κ1) is 18.2. The highest BCUT2D eigenvalue weighted by atomic mass is 16.5. The van der Waals surface area contributed by atoms with Gasteiger partial charge in [0.05, 0.1) is 18.3 Å². The summed E-state index contributed by atoms with van der Waals surface area (Å²) in [5.74, 6) is 1.22. The molecule has 0 aliphatic carbocycles. The van der Waals surface area contributed by atoms with E-state index in [-0.39, 0.29) is 23.7 Å². The predicted octanol–water partition coefficient (Wildman–Crippen LogP) is 1.09. The predicted molar refractivity (Wildman–Crippen MR) is 104 cm³/mol. The lowest BCUT2D eigenvalue weighted by Gasteiger charge is -2.41. The van der Waals surface area contributed by atoms with Crippen LogP contribution in [0.25, 0.3) is 11.0 Å². The van der Waals surface area contributed by atoms with Crippen molar-refractivity contribution in [1.29, 1.82) is 0 Å². The van der Waals surface area contributed by atoms with Gasteiger partial charge in [0.1, 0.15) is 23.6 Å². The number of ether oxygens (including phenoxy) is 2. The molecule has 10 nitrogen and oxygen atoms in total. The molecule has 0 aromatic carbocycles. The lowest BCUT2D eigenvalue weighted by atomic mass is 10.1. The van der Waals surface area contributed by atoms with Crippen LogP contribution < -0.4 is 10.3 Å². The summed E-state index contributed by atoms with van der Waals surface area (Å²) in [6.07, 6.45) is 6.57. The molecule has 29 heavy (non-hydrogen) atoms. The number of nitrogens with one attached hydrogen (secondary N) is 1. The second kappa shape index (κ2) is 7.53. The summed E-state index contributed by atoms with van der Waals surface area (Å²) in [6.45, 7) is 4.94. The number of hydrogen-bond acceptors (Lipinski definition) is 8. The van der Waals surface area contributed by atoms with Gasteiger partial charge < -0.3 is 14.5 Å². The van der Waals surface area contributed by atoms with Gasteiger partial charge in [0.25, 0.3) is 5.56 Å². The van der Waals surface area contributed by atoms with E-state index in [1.165, 1.54) is 6.33 Å². The van der Waals surface area contributed by atoms with Gasteiger partial charge in [-0.15, -0.1) is 0 Å². The van der Waals surface area contributed by atoms with Crippen molar-refractivity contribution in [3.05, 3.63) is 41.0 Å². The number of aromatic nitrogens is 6. The Kier molecular flexibility index (Phi) is 4.72. The molecule has 0 bridgehead atoms. The molecule has 2 aliphatic heterocycles. The molecule has 3 aromatic heterocycles. The van der Waals surface area contributed by atoms with Crippen molar-refractivity contribution in [2.75, 3.05) is 26.3 Å². The quantitative estimate of drug-likeness (QED) is 0.681. The van der Waals surface area contributed by atoms with Crippen LogP contribution in [0.5, 0.6) is 5.88 Å². The number of hydrogen-bond donors (Lipinski definition) is 1.